The van der Waals surface area contributed by atoms with E-state index >= 15 is 0 Å². The van der Waals surface area contributed by atoms with Gasteiger partial charge in [0.25, 0.3) is 11.5 Å². The SMILES string of the molecule is Nc1cc(=O)n(C(=O)c2cc(F)ccc2F)o1. The maximum absolute atomic E-state index is 13.3. The Morgan fingerprint density at radius 3 is 2.59 bits per heavy atom. The van der Waals surface area contributed by atoms with Gasteiger partial charge in [0.05, 0.1) is 11.6 Å². The van der Waals surface area contributed by atoms with Crippen LogP contribution in [-0.4, -0.2) is 10.6 Å². The van der Waals surface area contributed by atoms with E-state index in [2.05, 4.69) is 4.52 Å². The lowest BCUT2D eigenvalue weighted by Crippen LogP contribution is -2.23. The number of rotatable bonds is 1. The van der Waals surface area contributed by atoms with E-state index in [9.17, 15) is 18.4 Å². The summed E-state index contributed by atoms with van der Waals surface area (Å²) in [5, 5.41) is 0. The van der Waals surface area contributed by atoms with Gasteiger partial charge in [0.1, 0.15) is 11.6 Å². The van der Waals surface area contributed by atoms with Crippen LogP contribution in [0.25, 0.3) is 0 Å². The van der Waals surface area contributed by atoms with E-state index in [1.807, 2.05) is 0 Å². The van der Waals surface area contributed by atoms with Crippen molar-refractivity contribution in [2.24, 2.45) is 0 Å². The van der Waals surface area contributed by atoms with Gasteiger partial charge in [-0.1, -0.05) is 4.74 Å². The van der Waals surface area contributed by atoms with Crippen LogP contribution in [0.15, 0.2) is 33.6 Å². The molecule has 0 saturated carbocycles. The lowest BCUT2D eigenvalue weighted by atomic mass is 10.2. The number of carbonyl (C=O) groups excluding carboxylic acids is 1. The topological polar surface area (TPSA) is 78.2 Å². The number of anilines is 1. The van der Waals surface area contributed by atoms with Gasteiger partial charge in [0.15, 0.2) is 0 Å². The number of halogens is 2. The van der Waals surface area contributed by atoms with Crippen LogP contribution in [0.2, 0.25) is 0 Å². The van der Waals surface area contributed by atoms with Gasteiger partial charge in [-0.3, -0.25) is 9.59 Å². The largest absolute Gasteiger partial charge is 0.368 e. The maximum atomic E-state index is 13.3. The zero-order valence-electron chi connectivity index (χ0n) is 8.31. The van der Waals surface area contributed by atoms with Crippen LogP contribution >= 0.6 is 0 Å². The molecule has 2 N–H and O–H groups in total. The molecule has 0 spiro atoms. The Morgan fingerprint density at radius 1 is 1.29 bits per heavy atom. The van der Waals surface area contributed by atoms with Crippen molar-refractivity contribution < 1.29 is 18.1 Å². The van der Waals surface area contributed by atoms with E-state index in [-0.39, 0.29) is 10.6 Å². The number of nitrogens with two attached hydrogens (primary N) is 1. The number of hydrogen-bond donors (Lipinski definition) is 1. The number of nitrogens with zero attached hydrogens (tertiary/aromatic N) is 1. The van der Waals surface area contributed by atoms with Crippen LogP contribution in [0.5, 0.6) is 0 Å². The van der Waals surface area contributed by atoms with Crippen LogP contribution in [0.1, 0.15) is 10.4 Å². The Morgan fingerprint density at radius 2 is 2.00 bits per heavy atom. The van der Waals surface area contributed by atoms with Gasteiger partial charge in [0, 0.05) is 0 Å². The smallest absolute Gasteiger partial charge is 0.297 e. The highest BCUT2D eigenvalue weighted by Crippen LogP contribution is 2.11. The van der Waals surface area contributed by atoms with Gasteiger partial charge in [-0.05, 0) is 18.2 Å². The van der Waals surface area contributed by atoms with Gasteiger partial charge in [0.2, 0.25) is 5.88 Å². The number of nitrogen functional groups attached to an aromatic ring is 1. The monoisotopic (exact) mass is 240 g/mol. The summed E-state index contributed by atoms with van der Waals surface area (Å²) in [6.07, 6.45) is 0. The van der Waals surface area contributed by atoms with Crippen LogP contribution in [0, 0.1) is 11.6 Å². The molecule has 17 heavy (non-hydrogen) atoms. The van der Waals surface area contributed by atoms with Crippen LogP contribution in [0.4, 0.5) is 14.7 Å². The summed E-state index contributed by atoms with van der Waals surface area (Å²) in [5.74, 6) is -3.18. The van der Waals surface area contributed by atoms with Gasteiger partial charge < -0.3 is 10.3 Å². The zero-order valence-corrected chi connectivity index (χ0v) is 8.31. The molecule has 0 atom stereocenters. The van der Waals surface area contributed by atoms with Crippen LogP contribution < -0.4 is 11.3 Å². The normalized spacial score (nSPS) is 10.5. The molecular weight excluding hydrogens is 234 g/mol. The molecule has 0 aliphatic heterocycles. The Labute approximate surface area is 93.0 Å². The molecule has 0 bridgehead atoms. The fraction of sp³-hybridized carbons (Fsp3) is 0. The molecule has 0 radical (unpaired) electrons. The molecular formula is C10H6F2N2O3. The van der Waals surface area contributed by atoms with Crippen LogP contribution in [0.3, 0.4) is 0 Å². The highest BCUT2D eigenvalue weighted by Gasteiger charge is 2.19. The van der Waals surface area contributed by atoms with E-state index in [1.165, 1.54) is 0 Å². The Bertz CT molecular complexity index is 645. The summed E-state index contributed by atoms with van der Waals surface area (Å²) in [4.78, 5) is 22.9. The van der Waals surface area contributed by atoms with Crippen molar-refractivity contribution in [2.75, 3.05) is 5.73 Å². The quantitative estimate of drug-likeness (QED) is 0.806. The number of carbonyl (C=O) groups is 1. The van der Waals surface area contributed by atoms with Gasteiger partial charge in [-0.25, -0.2) is 8.78 Å². The standard InChI is InChI=1S/C10H6F2N2O3/c11-5-1-2-7(12)6(3-5)10(16)14-9(15)4-8(13)17-14/h1-4H,13H2. The van der Waals surface area contributed by atoms with Crippen molar-refractivity contribution in [2.45, 2.75) is 0 Å². The van der Waals surface area contributed by atoms with Crippen molar-refractivity contribution in [3.05, 3.63) is 51.8 Å². The molecule has 0 saturated heterocycles. The summed E-state index contributed by atoms with van der Waals surface area (Å²) in [6.45, 7) is 0. The molecule has 0 aliphatic carbocycles. The van der Waals surface area contributed by atoms with Crippen molar-refractivity contribution in [1.29, 1.82) is 0 Å². The molecule has 5 nitrogen and oxygen atoms in total. The molecule has 1 aromatic carbocycles. The first-order valence-corrected chi connectivity index (χ1v) is 4.47. The zero-order chi connectivity index (χ0) is 12.6. The molecule has 2 rings (SSSR count). The third kappa shape index (κ3) is 1.94. The second kappa shape index (κ2) is 3.85. The fourth-order valence-electron chi connectivity index (χ4n) is 1.27. The minimum atomic E-state index is -1.12. The summed E-state index contributed by atoms with van der Waals surface area (Å²) in [6, 6.07) is 3.16. The van der Waals surface area contributed by atoms with E-state index in [4.69, 9.17) is 5.73 Å². The summed E-state index contributed by atoms with van der Waals surface area (Å²) < 4.78 is 31.0. The Hall–Kier alpha value is -2.44. The first-order valence-electron chi connectivity index (χ1n) is 4.47. The molecule has 0 amide bonds. The molecule has 1 aromatic heterocycles. The highest BCUT2D eigenvalue weighted by molar-refractivity contribution is 5.95. The lowest BCUT2D eigenvalue weighted by molar-refractivity contribution is 0.0841. The number of hydrogen-bond acceptors (Lipinski definition) is 4. The summed E-state index contributed by atoms with van der Waals surface area (Å²) in [5.41, 5.74) is 3.70. The Kier molecular flexibility index (Phi) is 2.51. The van der Waals surface area contributed by atoms with Gasteiger partial charge >= 0.3 is 0 Å². The minimum Gasteiger partial charge on any atom is -0.368 e. The third-order valence-electron chi connectivity index (χ3n) is 2.01. The maximum Gasteiger partial charge on any atom is 0.297 e. The summed E-state index contributed by atoms with van der Waals surface area (Å²) in [7, 11) is 0. The van der Waals surface area contributed by atoms with Crippen LogP contribution in [-0.2, 0) is 0 Å². The summed E-state index contributed by atoms with van der Waals surface area (Å²) >= 11 is 0. The van der Waals surface area contributed by atoms with E-state index < -0.39 is 28.7 Å². The average molecular weight is 240 g/mol. The van der Waals surface area contributed by atoms with Crippen molar-refractivity contribution in [3.8, 4) is 0 Å². The molecule has 0 fully saturated rings. The molecule has 1 heterocycles. The number of aromatic nitrogens is 1. The van der Waals surface area contributed by atoms with Crippen molar-refractivity contribution in [1.82, 2.24) is 4.74 Å². The van der Waals surface area contributed by atoms with Crippen molar-refractivity contribution >= 4 is 11.8 Å². The molecule has 0 unspecified atom stereocenters. The third-order valence-corrected chi connectivity index (χ3v) is 2.01. The van der Waals surface area contributed by atoms with E-state index in [1.54, 1.807) is 0 Å². The van der Waals surface area contributed by atoms with Gasteiger partial charge in [-0.2, -0.15) is 0 Å². The highest BCUT2D eigenvalue weighted by atomic mass is 19.1. The molecule has 2 aromatic rings. The van der Waals surface area contributed by atoms with Gasteiger partial charge in [-0.15, -0.1) is 0 Å². The minimum absolute atomic E-state index is 0.257. The predicted molar refractivity (Wildman–Crippen MR) is 53.5 cm³/mol. The molecule has 88 valence electrons. The first kappa shape index (κ1) is 11.1. The Balaban J connectivity index is 2.54. The first-order chi connectivity index (χ1) is 7.99. The predicted octanol–water partition coefficient (Wildman–Crippen LogP) is 0.990. The second-order valence-electron chi connectivity index (χ2n) is 3.20. The van der Waals surface area contributed by atoms with E-state index in [0.29, 0.717) is 6.07 Å². The second-order valence-corrected chi connectivity index (χ2v) is 3.20. The molecule has 7 heteroatoms. The molecule has 0 aliphatic rings. The fourth-order valence-corrected chi connectivity index (χ4v) is 1.27. The lowest BCUT2D eigenvalue weighted by Gasteiger charge is -2.01. The number of benzene rings is 1. The van der Waals surface area contributed by atoms with E-state index in [0.717, 1.165) is 18.2 Å². The average Bonchev–Trinajstić information content (AvgIpc) is 2.60. The van der Waals surface area contributed by atoms with Crippen molar-refractivity contribution in [3.63, 3.8) is 0 Å².